The van der Waals surface area contributed by atoms with Crippen molar-refractivity contribution in [2.24, 2.45) is 0 Å². The van der Waals surface area contributed by atoms with E-state index in [-0.39, 0.29) is 5.78 Å². The Labute approximate surface area is 132 Å². The molecule has 22 heavy (non-hydrogen) atoms. The van der Waals surface area contributed by atoms with Gasteiger partial charge in [-0.3, -0.25) is 4.79 Å². The molecule has 1 heterocycles. The lowest BCUT2D eigenvalue weighted by Gasteiger charge is -2.14. The maximum atomic E-state index is 12.3. The van der Waals surface area contributed by atoms with Gasteiger partial charge in [0.05, 0.1) is 22.6 Å². The van der Waals surface area contributed by atoms with Gasteiger partial charge in [0, 0.05) is 6.42 Å². The van der Waals surface area contributed by atoms with Crippen molar-refractivity contribution in [2.45, 2.75) is 58.8 Å². The van der Waals surface area contributed by atoms with Crippen LogP contribution in [0.3, 0.4) is 0 Å². The van der Waals surface area contributed by atoms with Crippen LogP contribution in [-0.4, -0.2) is 15.6 Å². The lowest BCUT2D eigenvalue weighted by molar-refractivity contribution is 0.0971. The maximum absolute atomic E-state index is 12.3. The Morgan fingerprint density at radius 2 is 1.91 bits per heavy atom. The number of aryl methyl sites for hydroxylation is 1. The number of nitrogens with zero attached hydrogens (tertiary/aromatic N) is 2. The van der Waals surface area contributed by atoms with E-state index in [9.17, 15) is 4.79 Å². The Balaban J connectivity index is 2.07. The molecule has 3 heteroatoms. The van der Waals surface area contributed by atoms with Gasteiger partial charge in [-0.05, 0) is 42.9 Å². The van der Waals surface area contributed by atoms with E-state index in [0.717, 1.165) is 48.3 Å². The predicted molar refractivity (Wildman–Crippen MR) is 88.9 cm³/mol. The Morgan fingerprint density at radius 1 is 1.18 bits per heavy atom. The fourth-order valence-corrected chi connectivity index (χ4v) is 3.22. The van der Waals surface area contributed by atoms with Gasteiger partial charge in [0.25, 0.3) is 0 Å². The van der Waals surface area contributed by atoms with Crippen molar-refractivity contribution >= 4 is 5.78 Å². The van der Waals surface area contributed by atoms with E-state index < -0.39 is 0 Å². The first-order valence-electron chi connectivity index (χ1n) is 8.36. The van der Waals surface area contributed by atoms with E-state index in [0.29, 0.717) is 12.3 Å². The van der Waals surface area contributed by atoms with Crippen LogP contribution in [0.5, 0.6) is 0 Å². The highest BCUT2D eigenvalue weighted by Gasteiger charge is 2.26. The third kappa shape index (κ3) is 2.60. The molecule has 1 aromatic heterocycles. The zero-order valence-corrected chi connectivity index (χ0v) is 13.7. The number of rotatable bonds is 4. The minimum Gasteiger partial charge on any atom is -0.294 e. The first-order valence-corrected chi connectivity index (χ1v) is 8.36. The summed E-state index contributed by atoms with van der Waals surface area (Å²) in [5.74, 6) is 0.799. The number of hydrogen-bond acceptors (Lipinski definition) is 2. The monoisotopic (exact) mass is 296 g/mol. The van der Waals surface area contributed by atoms with Gasteiger partial charge >= 0.3 is 0 Å². The summed E-state index contributed by atoms with van der Waals surface area (Å²) < 4.78 is 2.00. The molecule has 0 bridgehead atoms. The van der Waals surface area contributed by atoms with Crippen LogP contribution < -0.4 is 0 Å². The van der Waals surface area contributed by atoms with Gasteiger partial charge in [0.2, 0.25) is 0 Å². The third-order valence-corrected chi connectivity index (χ3v) is 4.44. The summed E-state index contributed by atoms with van der Waals surface area (Å²) in [5, 5.41) is 4.77. The first-order chi connectivity index (χ1) is 10.6. The quantitative estimate of drug-likeness (QED) is 0.834. The molecule has 1 aromatic carbocycles. The minimum absolute atomic E-state index is 0.273. The second-order valence-electron chi connectivity index (χ2n) is 6.45. The van der Waals surface area contributed by atoms with Gasteiger partial charge in [-0.1, -0.05) is 39.3 Å². The number of benzene rings is 1. The number of Topliss-reactive ketones (excluding diaryl/α,β-unsaturated/α-hetero) is 1. The lowest BCUT2D eigenvalue weighted by Crippen LogP contribution is -2.13. The lowest BCUT2D eigenvalue weighted by atomic mass is 9.93. The highest BCUT2D eigenvalue weighted by atomic mass is 16.1. The van der Waals surface area contributed by atoms with E-state index in [4.69, 9.17) is 5.10 Å². The number of carbonyl (C=O) groups is 1. The summed E-state index contributed by atoms with van der Waals surface area (Å²) in [7, 11) is 0. The van der Waals surface area contributed by atoms with Crippen LogP contribution in [-0.2, 0) is 12.8 Å². The molecule has 0 saturated carbocycles. The van der Waals surface area contributed by atoms with E-state index in [2.05, 4.69) is 45.0 Å². The molecular weight excluding hydrogens is 272 g/mol. The van der Waals surface area contributed by atoms with Crippen LogP contribution >= 0.6 is 0 Å². The molecule has 0 spiro atoms. The normalized spacial score (nSPS) is 14.5. The van der Waals surface area contributed by atoms with Gasteiger partial charge < -0.3 is 0 Å². The number of hydrogen-bond donors (Lipinski definition) is 0. The zero-order valence-electron chi connectivity index (χ0n) is 13.7. The average Bonchev–Trinajstić information content (AvgIpc) is 2.88. The smallest absolute Gasteiger partial charge is 0.166 e. The van der Waals surface area contributed by atoms with Crippen LogP contribution in [0.4, 0.5) is 0 Å². The largest absolute Gasteiger partial charge is 0.294 e. The summed E-state index contributed by atoms with van der Waals surface area (Å²) in [6, 6.07) is 8.57. The molecule has 0 unspecified atom stereocenters. The van der Waals surface area contributed by atoms with Gasteiger partial charge in [-0.25, -0.2) is 4.68 Å². The Morgan fingerprint density at radius 3 is 2.55 bits per heavy atom. The molecule has 116 valence electrons. The van der Waals surface area contributed by atoms with E-state index in [1.54, 1.807) is 0 Å². The summed E-state index contributed by atoms with van der Waals surface area (Å²) in [6.07, 6.45) is 4.45. The van der Waals surface area contributed by atoms with Crippen LogP contribution in [0.25, 0.3) is 5.69 Å². The van der Waals surface area contributed by atoms with Crippen molar-refractivity contribution in [3.8, 4) is 5.69 Å². The molecule has 2 aromatic rings. The number of carbonyl (C=O) groups excluding carboxylic acids is 1. The Kier molecular flexibility index (Phi) is 4.14. The molecule has 0 amide bonds. The van der Waals surface area contributed by atoms with Crippen LogP contribution in [0.1, 0.15) is 73.3 Å². The molecule has 0 radical (unpaired) electrons. The van der Waals surface area contributed by atoms with Gasteiger partial charge in [0.1, 0.15) is 0 Å². The summed E-state index contributed by atoms with van der Waals surface area (Å²) in [5.41, 5.74) is 5.39. The highest BCUT2D eigenvalue weighted by Crippen LogP contribution is 2.28. The molecule has 0 saturated heterocycles. The van der Waals surface area contributed by atoms with Crippen LogP contribution in [0.2, 0.25) is 0 Å². The van der Waals surface area contributed by atoms with Crippen molar-refractivity contribution in [3.05, 3.63) is 46.8 Å². The summed E-state index contributed by atoms with van der Waals surface area (Å²) in [4.78, 5) is 12.3. The fraction of sp³-hybridized carbons (Fsp3) is 0.474. The number of ketones is 1. The van der Waals surface area contributed by atoms with Gasteiger partial charge in [-0.15, -0.1) is 0 Å². The summed E-state index contributed by atoms with van der Waals surface area (Å²) in [6.45, 7) is 6.53. The van der Waals surface area contributed by atoms with Gasteiger partial charge in [-0.2, -0.15) is 5.10 Å². The van der Waals surface area contributed by atoms with E-state index >= 15 is 0 Å². The minimum atomic E-state index is 0.273. The fourth-order valence-electron chi connectivity index (χ4n) is 3.22. The second kappa shape index (κ2) is 6.07. The van der Waals surface area contributed by atoms with Crippen molar-refractivity contribution in [3.63, 3.8) is 0 Å². The maximum Gasteiger partial charge on any atom is 0.166 e. The van der Waals surface area contributed by atoms with E-state index in [1.807, 2.05) is 4.68 Å². The molecular formula is C19H24N2O. The molecule has 1 aliphatic carbocycles. The average molecular weight is 296 g/mol. The highest BCUT2D eigenvalue weighted by molar-refractivity contribution is 5.99. The van der Waals surface area contributed by atoms with Crippen molar-refractivity contribution < 1.29 is 4.79 Å². The molecule has 0 fully saturated rings. The van der Waals surface area contributed by atoms with Gasteiger partial charge in [0.15, 0.2) is 5.78 Å². The molecule has 3 nitrogen and oxygen atoms in total. The van der Waals surface area contributed by atoms with Crippen molar-refractivity contribution in [1.29, 1.82) is 0 Å². The Hall–Kier alpha value is -1.90. The summed E-state index contributed by atoms with van der Waals surface area (Å²) >= 11 is 0. The predicted octanol–water partition coefficient (Wildman–Crippen LogP) is 4.47. The standard InChI is InChI=1S/C19H24N2O/c1-4-6-16-19-17(7-5-8-18(19)22)21(20-16)15-11-9-14(10-12-15)13(2)3/h9-13H,4-8H2,1-3H3. The zero-order chi connectivity index (χ0) is 15.7. The van der Waals surface area contributed by atoms with Crippen molar-refractivity contribution in [2.75, 3.05) is 0 Å². The SMILES string of the molecule is CCCc1nn(-c2ccc(C(C)C)cc2)c2c1C(=O)CCC2. The van der Waals surface area contributed by atoms with Crippen molar-refractivity contribution in [1.82, 2.24) is 9.78 Å². The molecule has 0 aliphatic heterocycles. The molecule has 0 atom stereocenters. The third-order valence-electron chi connectivity index (χ3n) is 4.44. The van der Waals surface area contributed by atoms with E-state index in [1.165, 1.54) is 5.56 Å². The molecule has 1 aliphatic rings. The Bertz CT molecular complexity index is 680. The molecule has 0 N–H and O–H groups in total. The topological polar surface area (TPSA) is 34.9 Å². The van der Waals surface area contributed by atoms with Crippen LogP contribution in [0.15, 0.2) is 24.3 Å². The van der Waals surface area contributed by atoms with Crippen LogP contribution in [0, 0.1) is 0 Å². The molecule has 3 rings (SSSR count). The first kappa shape index (κ1) is 15.0. The number of fused-ring (bicyclic) bond motifs is 1. The number of aromatic nitrogens is 2. The second-order valence-corrected chi connectivity index (χ2v) is 6.45.